The van der Waals surface area contributed by atoms with Crippen LogP contribution in [0, 0.1) is 24.2 Å². The molecule has 2 aromatic heterocycles. The van der Waals surface area contributed by atoms with Crippen LogP contribution in [0.15, 0.2) is 42.3 Å². The van der Waals surface area contributed by atoms with Crippen LogP contribution in [-0.4, -0.2) is 86.1 Å². The van der Waals surface area contributed by atoms with Crippen molar-refractivity contribution in [2.45, 2.75) is 135 Å². The number of thiazole rings is 1. The van der Waals surface area contributed by atoms with E-state index in [1.54, 1.807) is 6.07 Å². The van der Waals surface area contributed by atoms with Crippen LogP contribution in [0.1, 0.15) is 103 Å². The standard InChI is InChI=1S/C44H56N6O8S/c1-6-27-21-44(27,40(54)55)49-38(52)34-19-29(23-50(34)39(53)37(26-12-8-7-9-13-26)48-42(56)58-28-14-10-11-15-28)57-35-20-32(45-31-18-25(2)16-17-30(31)35)33-24-59-41(46-33)47-36(51)22-43(3,4)5/h6,16-18,20,24,26-29,34,37H,1,7-15,19,21-23H2,2-5H3,(H,48,56)(H,49,52)(H,54,55)(H,46,47,51)/t27-,29-,34+,37+,44-/m1/s1. The molecule has 0 radical (unpaired) electrons. The normalized spacial score (nSPS) is 24.0. The number of anilines is 1. The first-order chi connectivity index (χ1) is 28.1. The van der Waals surface area contributed by atoms with E-state index in [4.69, 9.17) is 14.5 Å². The molecule has 59 heavy (non-hydrogen) atoms. The number of nitrogens with one attached hydrogen (secondary N) is 3. The molecule has 4 amide bonds. The summed E-state index contributed by atoms with van der Waals surface area (Å²) < 4.78 is 12.5. The number of hydrogen-bond acceptors (Lipinski definition) is 10. The Kier molecular flexibility index (Phi) is 12.3. The molecule has 14 nitrogen and oxygen atoms in total. The number of hydrogen-bond donors (Lipinski definition) is 4. The number of nitrogens with zero attached hydrogens (tertiary/aromatic N) is 3. The van der Waals surface area contributed by atoms with Gasteiger partial charge in [0.1, 0.15) is 41.3 Å². The molecule has 3 saturated carbocycles. The van der Waals surface area contributed by atoms with Crippen molar-refractivity contribution in [3.63, 3.8) is 0 Å². The van der Waals surface area contributed by atoms with Crippen molar-refractivity contribution in [1.82, 2.24) is 25.5 Å². The molecule has 1 saturated heterocycles. The minimum Gasteiger partial charge on any atom is -0.488 e. The molecule has 4 fully saturated rings. The van der Waals surface area contributed by atoms with E-state index in [1.807, 2.05) is 51.3 Å². The highest BCUT2D eigenvalue weighted by Gasteiger charge is 2.61. The fourth-order valence-corrected chi connectivity index (χ4v) is 9.57. The quantitative estimate of drug-likeness (QED) is 0.129. The average Bonchev–Trinajstić information content (AvgIpc) is 3.59. The van der Waals surface area contributed by atoms with E-state index in [9.17, 15) is 29.1 Å². The Morgan fingerprint density at radius 3 is 2.42 bits per heavy atom. The van der Waals surface area contributed by atoms with Gasteiger partial charge in [0.2, 0.25) is 17.7 Å². The van der Waals surface area contributed by atoms with Crippen molar-refractivity contribution >= 4 is 57.2 Å². The number of carboxylic acid groups (broad SMARTS) is 1. The highest BCUT2D eigenvalue weighted by Crippen LogP contribution is 2.45. The van der Waals surface area contributed by atoms with Crippen molar-refractivity contribution in [1.29, 1.82) is 0 Å². The Labute approximate surface area is 348 Å². The maximum atomic E-state index is 14.9. The van der Waals surface area contributed by atoms with Gasteiger partial charge in [-0.25, -0.2) is 19.6 Å². The number of likely N-dealkylation sites (tertiary alicyclic amines) is 1. The van der Waals surface area contributed by atoms with Crippen LogP contribution in [0.2, 0.25) is 0 Å². The average molecular weight is 829 g/mol. The first-order valence-corrected chi connectivity index (χ1v) is 21.8. The van der Waals surface area contributed by atoms with Gasteiger partial charge in [-0.15, -0.1) is 17.9 Å². The zero-order chi connectivity index (χ0) is 42.1. The number of carboxylic acids is 1. The van der Waals surface area contributed by atoms with Gasteiger partial charge in [0.25, 0.3) is 0 Å². The van der Waals surface area contributed by atoms with Crippen molar-refractivity contribution in [3.05, 3.63) is 47.9 Å². The SMILES string of the molecule is C=C[C@@H]1C[C@]1(NC(=O)[C@@H]1C[C@@H](Oc2cc(-c3csc(NC(=O)CC(C)(C)C)n3)nc3cc(C)ccc23)CN1C(=O)[C@@H](NC(=O)OC1CCCC1)C1CCCCC1)C(=O)O. The van der Waals surface area contributed by atoms with E-state index in [-0.39, 0.29) is 42.7 Å². The number of pyridine rings is 1. The summed E-state index contributed by atoms with van der Waals surface area (Å²) in [6, 6.07) is 5.55. The second-order valence-corrected chi connectivity index (χ2v) is 18.8. The number of fused-ring (bicyclic) bond motifs is 1. The highest BCUT2D eigenvalue weighted by atomic mass is 32.1. The van der Waals surface area contributed by atoms with Crippen LogP contribution >= 0.6 is 11.3 Å². The predicted octanol–water partition coefficient (Wildman–Crippen LogP) is 7.15. The Bertz CT molecular complexity index is 2100. The van der Waals surface area contributed by atoms with Crippen LogP contribution in [0.25, 0.3) is 22.3 Å². The third-order valence-electron chi connectivity index (χ3n) is 12.0. The molecule has 4 aliphatic rings. The smallest absolute Gasteiger partial charge is 0.408 e. The fourth-order valence-electron chi connectivity index (χ4n) is 8.85. The number of aromatic nitrogens is 2. The van der Waals surface area contributed by atoms with Crippen LogP contribution in [0.5, 0.6) is 5.75 Å². The molecular formula is C44H56N6O8S. The summed E-state index contributed by atoms with van der Waals surface area (Å²) in [6.45, 7) is 11.7. The summed E-state index contributed by atoms with van der Waals surface area (Å²) in [7, 11) is 0. The molecular weight excluding hydrogens is 773 g/mol. The number of ether oxygens (including phenoxy) is 2. The van der Waals surface area contributed by atoms with Gasteiger partial charge in [-0.2, -0.15) is 0 Å². The molecule has 316 valence electrons. The maximum Gasteiger partial charge on any atom is 0.408 e. The molecule has 15 heteroatoms. The molecule has 3 heterocycles. The lowest BCUT2D eigenvalue weighted by Crippen LogP contribution is -2.58. The van der Waals surface area contributed by atoms with Crippen molar-refractivity contribution in [3.8, 4) is 17.1 Å². The molecule has 0 unspecified atom stereocenters. The maximum absolute atomic E-state index is 14.9. The topological polar surface area (TPSA) is 189 Å². The van der Waals surface area contributed by atoms with E-state index in [0.717, 1.165) is 63.4 Å². The van der Waals surface area contributed by atoms with Gasteiger partial charge in [-0.3, -0.25) is 14.4 Å². The monoisotopic (exact) mass is 828 g/mol. The van der Waals surface area contributed by atoms with Gasteiger partial charge in [-0.1, -0.05) is 52.2 Å². The number of benzene rings is 1. The zero-order valence-electron chi connectivity index (χ0n) is 34.4. The van der Waals surface area contributed by atoms with Gasteiger partial charge in [-0.05, 0) is 80.9 Å². The van der Waals surface area contributed by atoms with Crippen LogP contribution < -0.4 is 20.7 Å². The van der Waals surface area contributed by atoms with Gasteiger partial charge < -0.3 is 35.4 Å². The van der Waals surface area contributed by atoms with Gasteiger partial charge in [0.05, 0.1) is 17.8 Å². The summed E-state index contributed by atoms with van der Waals surface area (Å²) in [6.07, 6.45) is 8.44. The lowest BCUT2D eigenvalue weighted by atomic mass is 9.83. The lowest BCUT2D eigenvalue weighted by Gasteiger charge is -2.34. The number of rotatable bonds is 13. The summed E-state index contributed by atoms with van der Waals surface area (Å²) in [5.74, 6) is -2.48. The summed E-state index contributed by atoms with van der Waals surface area (Å²) in [5, 5.41) is 21.7. The number of aryl methyl sites for hydroxylation is 1. The minimum atomic E-state index is -1.51. The van der Waals surface area contributed by atoms with Crippen LogP contribution in [0.4, 0.5) is 9.93 Å². The van der Waals surface area contributed by atoms with Gasteiger partial charge in [0, 0.05) is 35.6 Å². The predicted molar refractivity (Wildman–Crippen MR) is 224 cm³/mol. The fraction of sp³-hybridized carbons (Fsp3) is 0.568. The third kappa shape index (κ3) is 9.71. The number of aliphatic carboxylic acids is 1. The molecule has 3 aromatic rings. The van der Waals surface area contributed by atoms with E-state index in [2.05, 4.69) is 27.5 Å². The number of carbonyl (C=O) groups excluding carboxylic acids is 4. The number of alkyl carbamates (subject to hydrolysis) is 1. The molecule has 3 aliphatic carbocycles. The first-order valence-electron chi connectivity index (χ1n) is 20.9. The Morgan fingerprint density at radius 1 is 1.02 bits per heavy atom. The molecule has 0 spiro atoms. The van der Waals surface area contributed by atoms with E-state index in [1.165, 1.54) is 22.3 Å². The zero-order valence-corrected chi connectivity index (χ0v) is 35.2. The molecule has 0 bridgehead atoms. The lowest BCUT2D eigenvalue weighted by molar-refractivity contribution is -0.146. The van der Waals surface area contributed by atoms with E-state index >= 15 is 0 Å². The van der Waals surface area contributed by atoms with E-state index < -0.39 is 53.5 Å². The minimum absolute atomic E-state index is 0.0100. The molecule has 5 atom stereocenters. The Balaban J connectivity index is 1.18. The summed E-state index contributed by atoms with van der Waals surface area (Å²) in [5.41, 5.74) is 0.992. The molecule has 1 aromatic carbocycles. The van der Waals surface area contributed by atoms with Gasteiger partial charge in [0.15, 0.2) is 5.13 Å². The Morgan fingerprint density at radius 2 is 1.75 bits per heavy atom. The summed E-state index contributed by atoms with van der Waals surface area (Å²) in [4.78, 5) is 78.6. The highest BCUT2D eigenvalue weighted by molar-refractivity contribution is 7.14. The van der Waals surface area contributed by atoms with Crippen LogP contribution in [0.3, 0.4) is 0 Å². The first kappa shape index (κ1) is 42.1. The van der Waals surface area contributed by atoms with Crippen molar-refractivity contribution < 1.29 is 38.6 Å². The third-order valence-corrected chi connectivity index (χ3v) is 12.8. The van der Waals surface area contributed by atoms with Crippen molar-refractivity contribution in [2.24, 2.45) is 17.3 Å². The molecule has 4 N–H and O–H groups in total. The van der Waals surface area contributed by atoms with Crippen LogP contribution in [-0.2, 0) is 23.9 Å². The van der Waals surface area contributed by atoms with Crippen molar-refractivity contribution in [2.75, 3.05) is 11.9 Å². The van der Waals surface area contributed by atoms with Gasteiger partial charge >= 0.3 is 12.1 Å². The Hall–Kier alpha value is -5.05. The summed E-state index contributed by atoms with van der Waals surface area (Å²) >= 11 is 1.29. The second kappa shape index (κ2) is 17.3. The molecule has 1 aliphatic heterocycles. The molecule has 7 rings (SSSR count). The second-order valence-electron chi connectivity index (χ2n) is 18.0. The largest absolute Gasteiger partial charge is 0.488 e. The number of carbonyl (C=O) groups is 5. The van der Waals surface area contributed by atoms with E-state index in [0.29, 0.717) is 39.6 Å². The number of amides is 4.